The van der Waals surface area contributed by atoms with Crippen LogP contribution in [0.25, 0.3) is 21.0 Å². The Balaban J connectivity index is 2.11. The Morgan fingerprint density at radius 3 is 2.83 bits per heavy atom. The molecule has 0 atom stereocenters. The van der Waals surface area contributed by atoms with E-state index < -0.39 is 0 Å². The highest BCUT2D eigenvalue weighted by molar-refractivity contribution is 7.21. The number of aromatic nitrogens is 1. The number of hydrogen-bond donors (Lipinski definition) is 1. The van der Waals surface area contributed by atoms with Crippen LogP contribution in [-0.2, 0) is 6.42 Å². The zero-order valence-corrected chi connectivity index (χ0v) is 12.1. The lowest BCUT2D eigenvalue weighted by atomic mass is 10.2. The minimum Gasteiger partial charge on any atom is -0.330 e. The van der Waals surface area contributed by atoms with Gasteiger partial charge in [0.25, 0.3) is 0 Å². The van der Waals surface area contributed by atoms with Crippen molar-refractivity contribution in [3.05, 3.63) is 39.3 Å². The molecule has 0 saturated carbocycles. The number of thiazole rings is 1. The fraction of sp³-hybridized carbons (Fsp3) is 0.154. The molecule has 0 saturated heterocycles. The summed E-state index contributed by atoms with van der Waals surface area (Å²) in [6.45, 7) is 0.653. The molecule has 0 spiro atoms. The molecule has 2 nitrogen and oxygen atoms in total. The van der Waals surface area contributed by atoms with Crippen LogP contribution in [0.5, 0.6) is 0 Å². The Morgan fingerprint density at radius 1 is 1.22 bits per heavy atom. The topological polar surface area (TPSA) is 38.9 Å². The van der Waals surface area contributed by atoms with Crippen LogP contribution in [0.1, 0.15) is 5.01 Å². The third-order valence-electron chi connectivity index (χ3n) is 2.57. The van der Waals surface area contributed by atoms with E-state index in [1.54, 1.807) is 34.0 Å². The fourth-order valence-electron chi connectivity index (χ4n) is 1.76. The maximum absolute atomic E-state index is 5.63. The van der Waals surface area contributed by atoms with E-state index in [1.807, 2.05) is 0 Å². The maximum atomic E-state index is 5.63. The molecule has 0 aliphatic heterocycles. The smallest absolute Gasteiger partial charge is 0.0952 e. The first kappa shape index (κ1) is 12.0. The normalized spacial score (nSPS) is 10.9. The fourth-order valence-corrected chi connectivity index (χ4v) is 4.36. The summed E-state index contributed by atoms with van der Waals surface area (Å²) in [6.07, 6.45) is 0.854. The quantitative estimate of drug-likeness (QED) is 0.786. The molecule has 5 heteroatoms. The molecule has 0 unspecified atom stereocenters. The summed E-state index contributed by atoms with van der Waals surface area (Å²) in [4.78, 5) is 7.31. The first-order valence-electron chi connectivity index (χ1n) is 5.64. The van der Waals surface area contributed by atoms with Crippen molar-refractivity contribution in [2.75, 3.05) is 6.54 Å². The van der Waals surface area contributed by atoms with Crippen LogP contribution in [0.15, 0.2) is 34.3 Å². The Bertz CT molecular complexity index is 557. The van der Waals surface area contributed by atoms with E-state index in [2.05, 4.69) is 34.3 Å². The maximum Gasteiger partial charge on any atom is 0.0952 e. The van der Waals surface area contributed by atoms with Crippen molar-refractivity contribution in [2.45, 2.75) is 6.42 Å². The van der Waals surface area contributed by atoms with Crippen molar-refractivity contribution in [3.8, 4) is 21.0 Å². The van der Waals surface area contributed by atoms with Gasteiger partial charge < -0.3 is 5.73 Å². The van der Waals surface area contributed by atoms with Crippen molar-refractivity contribution in [1.29, 1.82) is 0 Å². The summed E-state index contributed by atoms with van der Waals surface area (Å²) in [5, 5.41) is 7.48. The molecule has 0 aliphatic rings. The van der Waals surface area contributed by atoms with Crippen molar-refractivity contribution in [3.63, 3.8) is 0 Å². The van der Waals surface area contributed by atoms with E-state index in [0.29, 0.717) is 6.54 Å². The Hall–Kier alpha value is -1.01. The molecule has 0 bridgehead atoms. The van der Waals surface area contributed by atoms with Gasteiger partial charge in [-0.2, -0.15) is 11.3 Å². The third-order valence-corrected chi connectivity index (χ3v) is 5.42. The lowest BCUT2D eigenvalue weighted by molar-refractivity contribution is 0.954. The average molecular weight is 292 g/mol. The predicted molar refractivity (Wildman–Crippen MR) is 81.5 cm³/mol. The highest BCUT2D eigenvalue weighted by Crippen LogP contribution is 2.39. The van der Waals surface area contributed by atoms with E-state index in [0.717, 1.165) is 17.1 Å². The highest BCUT2D eigenvalue weighted by Gasteiger charge is 2.15. The Kier molecular flexibility index (Phi) is 3.56. The van der Waals surface area contributed by atoms with Crippen molar-refractivity contribution >= 4 is 34.0 Å². The largest absolute Gasteiger partial charge is 0.330 e. The van der Waals surface area contributed by atoms with Crippen LogP contribution >= 0.6 is 34.0 Å². The van der Waals surface area contributed by atoms with Gasteiger partial charge in [-0.3, -0.25) is 0 Å². The summed E-state index contributed by atoms with van der Waals surface area (Å²) >= 11 is 5.23. The molecule has 3 aromatic heterocycles. The van der Waals surface area contributed by atoms with Gasteiger partial charge in [-0.05, 0) is 29.4 Å². The molecule has 0 aliphatic carbocycles. The molecule has 0 aromatic carbocycles. The third kappa shape index (κ3) is 2.27. The first-order valence-corrected chi connectivity index (χ1v) is 8.28. The van der Waals surface area contributed by atoms with E-state index in [9.17, 15) is 0 Å². The zero-order valence-electron chi connectivity index (χ0n) is 9.63. The second-order valence-electron chi connectivity index (χ2n) is 3.81. The molecule has 92 valence electrons. The Morgan fingerprint density at radius 2 is 2.17 bits per heavy atom. The molecule has 3 rings (SSSR count). The molecule has 3 aromatic rings. The van der Waals surface area contributed by atoms with Crippen LogP contribution in [0.3, 0.4) is 0 Å². The average Bonchev–Trinajstić information content (AvgIpc) is 3.11. The van der Waals surface area contributed by atoms with Crippen LogP contribution in [0, 0.1) is 0 Å². The van der Waals surface area contributed by atoms with Gasteiger partial charge in [0.05, 0.1) is 15.6 Å². The predicted octanol–water partition coefficient (Wildman–Crippen LogP) is 4.10. The SMILES string of the molecule is NCCc1nc(-c2ccsc2)c(-c2cccs2)s1. The molecule has 0 radical (unpaired) electrons. The molecule has 18 heavy (non-hydrogen) atoms. The van der Waals surface area contributed by atoms with Gasteiger partial charge in [-0.15, -0.1) is 22.7 Å². The standard InChI is InChI=1S/C13H12N2S3/c14-5-3-11-15-12(9-4-7-16-8-9)13(18-11)10-2-1-6-17-10/h1-2,4,6-8H,3,5,14H2. The van der Waals surface area contributed by atoms with Crippen LogP contribution in [0.2, 0.25) is 0 Å². The molecule has 0 amide bonds. The monoisotopic (exact) mass is 292 g/mol. The zero-order chi connectivity index (χ0) is 12.4. The summed E-state index contributed by atoms with van der Waals surface area (Å²) in [5.74, 6) is 0. The minimum absolute atomic E-state index is 0.653. The molecule has 2 N–H and O–H groups in total. The van der Waals surface area contributed by atoms with Gasteiger partial charge in [-0.1, -0.05) is 6.07 Å². The van der Waals surface area contributed by atoms with Crippen LogP contribution < -0.4 is 5.73 Å². The number of thiophene rings is 2. The molecule has 0 fully saturated rings. The first-order chi connectivity index (χ1) is 8.88. The lowest BCUT2D eigenvalue weighted by Gasteiger charge is -1.96. The number of nitrogens with two attached hydrogens (primary N) is 1. The second kappa shape index (κ2) is 5.32. The molecular weight excluding hydrogens is 280 g/mol. The lowest BCUT2D eigenvalue weighted by Crippen LogP contribution is -2.01. The van der Waals surface area contributed by atoms with E-state index in [-0.39, 0.29) is 0 Å². The van der Waals surface area contributed by atoms with E-state index in [4.69, 9.17) is 10.7 Å². The second-order valence-corrected chi connectivity index (χ2v) is 6.62. The minimum atomic E-state index is 0.653. The van der Waals surface area contributed by atoms with Crippen molar-refractivity contribution < 1.29 is 0 Å². The van der Waals surface area contributed by atoms with Crippen molar-refractivity contribution in [1.82, 2.24) is 4.98 Å². The van der Waals surface area contributed by atoms with Gasteiger partial charge >= 0.3 is 0 Å². The van der Waals surface area contributed by atoms with Gasteiger partial charge in [0.15, 0.2) is 0 Å². The highest BCUT2D eigenvalue weighted by atomic mass is 32.1. The number of rotatable bonds is 4. The summed E-state index contributed by atoms with van der Waals surface area (Å²) < 4.78 is 0. The number of hydrogen-bond acceptors (Lipinski definition) is 5. The summed E-state index contributed by atoms with van der Waals surface area (Å²) in [7, 11) is 0. The van der Waals surface area contributed by atoms with Gasteiger partial charge in [0, 0.05) is 22.2 Å². The van der Waals surface area contributed by atoms with Gasteiger partial charge in [0.2, 0.25) is 0 Å². The van der Waals surface area contributed by atoms with Crippen LogP contribution in [-0.4, -0.2) is 11.5 Å². The molecule has 3 heterocycles. The molecular formula is C13H12N2S3. The van der Waals surface area contributed by atoms with E-state index >= 15 is 0 Å². The van der Waals surface area contributed by atoms with Crippen molar-refractivity contribution in [2.24, 2.45) is 5.73 Å². The van der Waals surface area contributed by atoms with Crippen LogP contribution in [0.4, 0.5) is 0 Å². The van der Waals surface area contributed by atoms with Gasteiger partial charge in [-0.25, -0.2) is 4.98 Å². The summed E-state index contributed by atoms with van der Waals surface area (Å²) in [5.41, 5.74) is 7.94. The number of nitrogens with zero attached hydrogens (tertiary/aromatic N) is 1. The van der Waals surface area contributed by atoms with E-state index in [1.165, 1.54) is 15.3 Å². The Labute approximate surface area is 118 Å². The summed E-state index contributed by atoms with van der Waals surface area (Å²) in [6, 6.07) is 6.36. The van der Waals surface area contributed by atoms with Gasteiger partial charge in [0.1, 0.15) is 0 Å².